The molecule has 0 unspecified atom stereocenters. The first-order chi connectivity index (χ1) is 8.03. The molecule has 17 heavy (non-hydrogen) atoms. The number of aromatic nitrogens is 1. The van der Waals surface area contributed by atoms with Crippen molar-refractivity contribution in [2.75, 3.05) is 20.1 Å². The van der Waals surface area contributed by atoms with Gasteiger partial charge in [-0.15, -0.1) is 0 Å². The van der Waals surface area contributed by atoms with Crippen LogP contribution in [0.2, 0.25) is 0 Å². The second-order valence-electron chi connectivity index (χ2n) is 5.22. The van der Waals surface area contributed by atoms with Crippen molar-refractivity contribution in [2.24, 2.45) is 0 Å². The molecule has 0 aliphatic carbocycles. The molecule has 1 rings (SSSR count). The molecule has 96 valence electrons. The van der Waals surface area contributed by atoms with Crippen molar-refractivity contribution < 1.29 is 0 Å². The first kappa shape index (κ1) is 14.1. The molecule has 0 aromatic carbocycles. The highest BCUT2D eigenvalue weighted by atomic mass is 15.1. The van der Waals surface area contributed by atoms with Crippen LogP contribution in [0.15, 0.2) is 24.4 Å². The summed E-state index contributed by atoms with van der Waals surface area (Å²) in [7, 11) is 2.13. The Bertz CT molecular complexity index is 309. The standard InChI is InChI=1S/C14H25N3/c1-5-14(2,3)16-10-11-17(4)12-13-8-6-7-9-15-13/h6-9,16H,5,10-12H2,1-4H3. The van der Waals surface area contributed by atoms with Gasteiger partial charge < -0.3 is 5.32 Å². The molecule has 1 N–H and O–H groups in total. The van der Waals surface area contributed by atoms with Gasteiger partial charge in [-0.2, -0.15) is 0 Å². The molecule has 3 heteroatoms. The maximum Gasteiger partial charge on any atom is 0.0543 e. The topological polar surface area (TPSA) is 28.2 Å². The highest BCUT2D eigenvalue weighted by molar-refractivity contribution is 5.02. The number of nitrogens with one attached hydrogen (secondary N) is 1. The van der Waals surface area contributed by atoms with E-state index >= 15 is 0 Å². The van der Waals surface area contributed by atoms with Gasteiger partial charge in [0.1, 0.15) is 0 Å². The highest BCUT2D eigenvalue weighted by Crippen LogP contribution is 2.06. The Balaban J connectivity index is 2.24. The van der Waals surface area contributed by atoms with E-state index in [0.29, 0.717) is 0 Å². The third kappa shape index (κ3) is 5.80. The largest absolute Gasteiger partial charge is 0.311 e. The molecule has 1 aromatic rings. The van der Waals surface area contributed by atoms with Crippen LogP contribution in [0, 0.1) is 0 Å². The lowest BCUT2D eigenvalue weighted by Gasteiger charge is -2.26. The molecule has 0 amide bonds. The summed E-state index contributed by atoms with van der Waals surface area (Å²) < 4.78 is 0. The van der Waals surface area contributed by atoms with E-state index in [-0.39, 0.29) is 5.54 Å². The Morgan fingerprint density at radius 3 is 2.71 bits per heavy atom. The van der Waals surface area contributed by atoms with Crippen LogP contribution in [0.4, 0.5) is 0 Å². The fourth-order valence-electron chi connectivity index (χ4n) is 1.56. The molecule has 0 atom stereocenters. The number of likely N-dealkylation sites (N-methyl/N-ethyl adjacent to an activating group) is 1. The van der Waals surface area contributed by atoms with Gasteiger partial charge in [-0.3, -0.25) is 9.88 Å². The quantitative estimate of drug-likeness (QED) is 0.786. The van der Waals surface area contributed by atoms with Crippen molar-refractivity contribution in [1.29, 1.82) is 0 Å². The van der Waals surface area contributed by atoms with Crippen molar-refractivity contribution >= 4 is 0 Å². The Morgan fingerprint density at radius 1 is 1.35 bits per heavy atom. The average molecular weight is 235 g/mol. The molecule has 0 saturated heterocycles. The lowest BCUT2D eigenvalue weighted by atomic mass is 10.0. The second-order valence-corrected chi connectivity index (χ2v) is 5.22. The highest BCUT2D eigenvalue weighted by Gasteiger charge is 2.13. The number of nitrogens with zero attached hydrogens (tertiary/aromatic N) is 2. The summed E-state index contributed by atoms with van der Waals surface area (Å²) in [6.07, 6.45) is 3.00. The van der Waals surface area contributed by atoms with Gasteiger partial charge >= 0.3 is 0 Å². The molecular formula is C14H25N3. The van der Waals surface area contributed by atoms with Gasteiger partial charge in [0, 0.05) is 31.4 Å². The summed E-state index contributed by atoms with van der Waals surface area (Å²) >= 11 is 0. The van der Waals surface area contributed by atoms with Gasteiger partial charge in [0.25, 0.3) is 0 Å². The van der Waals surface area contributed by atoms with Crippen molar-refractivity contribution in [3.05, 3.63) is 30.1 Å². The first-order valence-corrected chi connectivity index (χ1v) is 6.37. The molecule has 0 saturated carbocycles. The van der Waals surface area contributed by atoms with Crippen molar-refractivity contribution in [3.63, 3.8) is 0 Å². The summed E-state index contributed by atoms with van der Waals surface area (Å²) in [4.78, 5) is 6.62. The molecule has 1 aromatic heterocycles. The van der Waals surface area contributed by atoms with Crippen LogP contribution in [0.3, 0.4) is 0 Å². The summed E-state index contributed by atoms with van der Waals surface area (Å²) in [5, 5.41) is 3.56. The summed E-state index contributed by atoms with van der Waals surface area (Å²) in [5.41, 5.74) is 1.37. The minimum absolute atomic E-state index is 0.242. The Hall–Kier alpha value is -0.930. The Morgan fingerprint density at radius 2 is 2.12 bits per heavy atom. The summed E-state index contributed by atoms with van der Waals surface area (Å²) in [5.74, 6) is 0. The van der Waals surface area contributed by atoms with E-state index in [1.807, 2.05) is 18.3 Å². The second kappa shape index (κ2) is 6.72. The number of hydrogen-bond donors (Lipinski definition) is 1. The monoisotopic (exact) mass is 235 g/mol. The third-order valence-corrected chi connectivity index (χ3v) is 3.14. The van der Waals surface area contributed by atoms with Crippen LogP contribution in [-0.4, -0.2) is 35.6 Å². The molecule has 0 radical (unpaired) electrons. The fourth-order valence-corrected chi connectivity index (χ4v) is 1.56. The number of rotatable bonds is 7. The van der Waals surface area contributed by atoms with Gasteiger partial charge in [0.2, 0.25) is 0 Å². The maximum atomic E-state index is 4.33. The summed E-state index contributed by atoms with van der Waals surface area (Å²) in [6.45, 7) is 9.67. The molecular weight excluding hydrogens is 210 g/mol. The minimum Gasteiger partial charge on any atom is -0.311 e. The normalized spacial score (nSPS) is 12.1. The van der Waals surface area contributed by atoms with Crippen LogP contribution in [-0.2, 0) is 6.54 Å². The van der Waals surface area contributed by atoms with Crippen LogP contribution >= 0.6 is 0 Å². The first-order valence-electron chi connectivity index (χ1n) is 6.37. The van der Waals surface area contributed by atoms with Gasteiger partial charge in [-0.05, 0) is 39.4 Å². The molecule has 1 heterocycles. The van der Waals surface area contributed by atoms with Crippen LogP contribution in [0.1, 0.15) is 32.9 Å². The van der Waals surface area contributed by atoms with Gasteiger partial charge in [0.15, 0.2) is 0 Å². The molecule has 0 aliphatic rings. The number of pyridine rings is 1. The van der Waals surface area contributed by atoms with E-state index in [0.717, 1.165) is 31.7 Å². The van der Waals surface area contributed by atoms with Crippen LogP contribution < -0.4 is 5.32 Å². The van der Waals surface area contributed by atoms with Crippen molar-refractivity contribution in [2.45, 2.75) is 39.3 Å². The maximum absolute atomic E-state index is 4.33. The zero-order valence-corrected chi connectivity index (χ0v) is 11.5. The Labute approximate surface area is 105 Å². The van der Waals surface area contributed by atoms with Gasteiger partial charge in [-0.1, -0.05) is 13.0 Å². The predicted octanol–water partition coefficient (Wildman–Crippen LogP) is 2.29. The van der Waals surface area contributed by atoms with E-state index in [1.165, 1.54) is 0 Å². The van der Waals surface area contributed by atoms with E-state index in [9.17, 15) is 0 Å². The fraction of sp³-hybridized carbons (Fsp3) is 0.643. The SMILES string of the molecule is CCC(C)(C)NCCN(C)Cc1ccccn1. The average Bonchev–Trinajstić information content (AvgIpc) is 2.30. The van der Waals surface area contributed by atoms with Crippen LogP contribution in [0.5, 0.6) is 0 Å². The smallest absolute Gasteiger partial charge is 0.0543 e. The van der Waals surface area contributed by atoms with Crippen molar-refractivity contribution in [1.82, 2.24) is 15.2 Å². The number of hydrogen-bond acceptors (Lipinski definition) is 3. The predicted molar refractivity (Wildman–Crippen MR) is 72.9 cm³/mol. The Kier molecular flexibility index (Phi) is 5.59. The molecule has 0 fully saturated rings. The summed E-state index contributed by atoms with van der Waals surface area (Å²) in [6, 6.07) is 6.06. The van der Waals surface area contributed by atoms with E-state index in [4.69, 9.17) is 0 Å². The molecule has 3 nitrogen and oxygen atoms in total. The lowest BCUT2D eigenvalue weighted by Crippen LogP contribution is -2.42. The van der Waals surface area contributed by atoms with Gasteiger partial charge in [0.05, 0.1) is 5.69 Å². The minimum atomic E-state index is 0.242. The van der Waals surface area contributed by atoms with Crippen LogP contribution in [0.25, 0.3) is 0 Å². The van der Waals surface area contributed by atoms with E-state index in [2.05, 4.69) is 49.1 Å². The van der Waals surface area contributed by atoms with Crippen molar-refractivity contribution in [3.8, 4) is 0 Å². The van der Waals surface area contributed by atoms with Gasteiger partial charge in [-0.25, -0.2) is 0 Å². The van der Waals surface area contributed by atoms with E-state index < -0.39 is 0 Å². The molecule has 0 bridgehead atoms. The lowest BCUT2D eigenvalue weighted by molar-refractivity contribution is 0.290. The molecule has 0 spiro atoms. The van der Waals surface area contributed by atoms with E-state index in [1.54, 1.807) is 0 Å². The molecule has 0 aliphatic heterocycles. The third-order valence-electron chi connectivity index (χ3n) is 3.14. The zero-order chi connectivity index (χ0) is 12.7. The zero-order valence-electron chi connectivity index (χ0n) is 11.5.